The van der Waals surface area contributed by atoms with Gasteiger partial charge in [-0.15, -0.1) is 0 Å². The normalized spacial score (nSPS) is 12.7. The van der Waals surface area contributed by atoms with Crippen LogP contribution in [0.15, 0.2) is 22.7 Å². The first-order chi connectivity index (χ1) is 8.61. The molecule has 1 aromatic heterocycles. The minimum absolute atomic E-state index is 0.0139. The summed E-state index contributed by atoms with van der Waals surface area (Å²) in [6.45, 7) is -0.0257. The molecule has 1 atom stereocenters. The van der Waals surface area contributed by atoms with Crippen molar-refractivity contribution in [2.24, 2.45) is 5.73 Å². The van der Waals surface area contributed by atoms with Gasteiger partial charge in [0.25, 0.3) is 5.89 Å². The maximum atomic E-state index is 13.5. The molecule has 0 amide bonds. The molecule has 0 saturated carbocycles. The van der Waals surface area contributed by atoms with E-state index in [1.807, 2.05) is 0 Å². The molecule has 0 bridgehead atoms. The van der Waals surface area contributed by atoms with Crippen LogP contribution in [0.3, 0.4) is 0 Å². The molecule has 7 heteroatoms. The average molecular weight is 272 g/mol. The quantitative estimate of drug-likeness (QED) is 0.879. The van der Waals surface area contributed by atoms with Crippen LogP contribution in [0, 0.1) is 5.82 Å². The summed E-state index contributed by atoms with van der Waals surface area (Å²) < 4.78 is 18.3. The number of rotatable bonds is 4. The van der Waals surface area contributed by atoms with Crippen LogP contribution in [0.4, 0.5) is 4.39 Å². The molecule has 18 heavy (non-hydrogen) atoms. The van der Waals surface area contributed by atoms with E-state index in [2.05, 4.69) is 10.1 Å². The molecule has 3 N–H and O–H groups in total. The number of aliphatic hydroxyl groups excluding tert-OH is 1. The molecule has 0 aliphatic rings. The van der Waals surface area contributed by atoms with Crippen LogP contribution in [0.25, 0.3) is 0 Å². The van der Waals surface area contributed by atoms with Gasteiger partial charge >= 0.3 is 0 Å². The molecule has 1 heterocycles. The van der Waals surface area contributed by atoms with Crippen molar-refractivity contribution < 1.29 is 14.0 Å². The highest BCUT2D eigenvalue weighted by molar-refractivity contribution is 6.31. The zero-order valence-corrected chi connectivity index (χ0v) is 10.1. The topological polar surface area (TPSA) is 85.2 Å². The minimum atomic E-state index is -1.01. The van der Waals surface area contributed by atoms with Crippen molar-refractivity contribution in [1.29, 1.82) is 0 Å². The summed E-state index contributed by atoms with van der Waals surface area (Å²) in [7, 11) is 0. The number of nitrogens with zero attached hydrogens (tertiary/aromatic N) is 2. The second-order valence-electron chi connectivity index (χ2n) is 3.68. The fourth-order valence-electron chi connectivity index (χ4n) is 1.43. The Bertz CT molecular complexity index is 527. The lowest BCUT2D eigenvalue weighted by molar-refractivity contribution is 0.141. The highest BCUT2D eigenvalue weighted by Gasteiger charge is 2.16. The zero-order valence-electron chi connectivity index (χ0n) is 9.31. The number of aliphatic hydroxyl groups is 1. The van der Waals surface area contributed by atoms with E-state index in [0.29, 0.717) is 5.02 Å². The Kier molecular flexibility index (Phi) is 3.90. The van der Waals surface area contributed by atoms with Gasteiger partial charge in [0.15, 0.2) is 5.82 Å². The summed E-state index contributed by atoms with van der Waals surface area (Å²) >= 11 is 5.88. The van der Waals surface area contributed by atoms with Gasteiger partial charge in [-0.1, -0.05) is 22.8 Å². The van der Waals surface area contributed by atoms with Crippen LogP contribution in [0.1, 0.15) is 23.4 Å². The van der Waals surface area contributed by atoms with E-state index in [4.69, 9.17) is 21.9 Å². The maximum Gasteiger partial charge on any atom is 0.256 e. The van der Waals surface area contributed by atoms with E-state index >= 15 is 0 Å². The number of aromatic nitrogens is 2. The van der Waals surface area contributed by atoms with E-state index in [1.54, 1.807) is 6.07 Å². The number of hydrogen-bond donors (Lipinski definition) is 2. The molecule has 2 rings (SSSR count). The lowest BCUT2D eigenvalue weighted by Crippen LogP contribution is -2.11. The van der Waals surface area contributed by atoms with Gasteiger partial charge in [-0.25, -0.2) is 4.39 Å². The molecule has 0 spiro atoms. The van der Waals surface area contributed by atoms with Gasteiger partial charge in [-0.05, 0) is 12.1 Å². The molecule has 96 valence electrons. The molecule has 0 unspecified atom stereocenters. The summed E-state index contributed by atoms with van der Waals surface area (Å²) in [5, 5.41) is 13.3. The Morgan fingerprint density at radius 3 is 2.94 bits per heavy atom. The number of benzene rings is 1. The highest BCUT2D eigenvalue weighted by Crippen LogP contribution is 2.21. The molecule has 2 aromatic rings. The minimum Gasteiger partial charge on any atom is -0.382 e. The Morgan fingerprint density at radius 2 is 2.28 bits per heavy atom. The lowest BCUT2D eigenvalue weighted by atomic mass is 10.1. The van der Waals surface area contributed by atoms with Gasteiger partial charge in [0, 0.05) is 23.6 Å². The van der Waals surface area contributed by atoms with Gasteiger partial charge in [-0.2, -0.15) is 4.98 Å². The van der Waals surface area contributed by atoms with Crippen LogP contribution >= 0.6 is 11.6 Å². The molecule has 0 radical (unpaired) electrons. The third-order valence-electron chi connectivity index (χ3n) is 2.39. The Balaban J connectivity index is 2.21. The van der Waals surface area contributed by atoms with Crippen molar-refractivity contribution in [3.8, 4) is 0 Å². The smallest absolute Gasteiger partial charge is 0.256 e. The second-order valence-corrected chi connectivity index (χ2v) is 4.08. The molecule has 0 aliphatic carbocycles. The Hall–Kier alpha value is -1.50. The largest absolute Gasteiger partial charge is 0.382 e. The maximum absolute atomic E-state index is 13.5. The van der Waals surface area contributed by atoms with E-state index in [1.165, 1.54) is 12.1 Å². The van der Waals surface area contributed by atoms with Crippen molar-refractivity contribution in [2.45, 2.75) is 12.5 Å². The molecule has 0 fully saturated rings. The van der Waals surface area contributed by atoms with Crippen LogP contribution in [-0.4, -0.2) is 21.8 Å². The van der Waals surface area contributed by atoms with Gasteiger partial charge in [-0.3, -0.25) is 0 Å². The second kappa shape index (κ2) is 5.43. The average Bonchev–Trinajstić information content (AvgIpc) is 2.81. The number of nitrogens with two attached hydrogens (primary N) is 1. The predicted molar refractivity (Wildman–Crippen MR) is 62.5 cm³/mol. The van der Waals surface area contributed by atoms with Crippen molar-refractivity contribution in [2.75, 3.05) is 6.54 Å². The SMILES string of the molecule is NC[C@H](O)c1nc(Cc2c(F)cccc2Cl)no1. The standard InChI is InChI=1S/C11H11ClFN3O2/c12-7-2-1-3-8(13)6(7)4-10-15-11(18-16-10)9(17)5-14/h1-3,9,17H,4-5,14H2/t9-/m0/s1. The summed E-state index contributed by atoms with van der Waals surface area (Å²) in [5.74, 6) is -0.183. The van der Waals surface area contributed by atoms with Crippen LogP contribution < -0.4 is 5.73 Å². The third kappa shape index (κ3) is 2.66. The third-order valence-corrected chi connectivity index (χ3v) is 2.74. The first kappa shape index (κ1) is 12.9. The molecule has 0 saturated heterocycles. The monoisotopic (exact) mass is 271 g/mol. The number of halogens is 2. The van der Waals surface area contributed by atoms with Crippen LogP contribution in [0.5, 0.6) is 0 Å². The number of hydrogen-bond acceptors (Lipinski definition) is 5. The van der Waals surface area contributed by atoms with Gasteiger partial charge in [0.2, 0.25) is 0 Å². The highest BCUT2D eigenvalue weighted by atomic mass is 35.5. The fraction of sp³-hybridized carbons (Fsp3) is 0.273. The first-order valence-corrected chi connectivity index (χ1v) is 5.63. The lowest BCUT2D eigenvalue weighted by Gasteiger charge is -2.02. The van der Waals surface area contributed by atoms with Gasteiger partial charge in [0.1, 0.15) is 11.9 Å². The van der Waals surface area contributed by atoms with Crippen molar-refractivity contribution in [3.63, 3.8) is 0 Å². The van der Waals surface area contributed by atoms with Gasteiger partial charge < -0.3 is 15.4 Å². The molecular formula is C11H11ClFN3O2. The molecule has 5 nitrogen and oxygen atoms in total. The van der Waals surface area contributed by atoms with Crippen molar-refractivity contribution in [1.82, 2.24) is 10.1 Å². The van der Waals surface area contributed by atoms with E-state index in [0.717, 1.165) is 0 Å². The van der Waals surface area contributed by atoms with E-state index in [9.17, 15) is 9.50 Å². The summed E-state index contributed by atoms with van der Waals surface area (Å²) in [5.41, 5.74) is 5.54. The molecule has 0 aliphatic heterocycles. The summed E-state index contributed by atoms with van der Waals surface area (Å²) in [4.78, 5) is 3.93. The zero-order chi connectivity index (χ0) is 13.1. The van der Waals surface area contributed by atoms with Gasteiger partial charge in [0.05, 0.1) is 0 Å². The van der Waals surface area contributed by atoms with E-state index < -0.39 is 11.9 Å². The Morgan fingerprint density at radius 1 is 1.50 bits per heavy atom. The van der Waals surface area contributed by atoms with Crippen molar-refractivity contribution >= 4 is 11.6 Å². The van der Waals surface area contributed by atoms with Crippen molar-refractivity contribution in [3.05, 3.63) is 46.3 Å². The fourth-order valence-corrected chi connectivity index (χ4v) is 1.66. The van der Waals surface area contributed by atoms with Crippen LogP contribution in [0.2, 0.25) is 5.02 Å². The van der Waals surface area contributed by atoms with Crippen LogP contribution in [-0.2, 0) is 6.42 Å². The predicted octanol–water partition coefficient (Wildman–Crippen LogP) is 1.45. The first-order valence-electron chi connectivity index (χ1n) is 5.25. The molecular weight excluding hydrogens is 261 g/mol. The summed E-state index contributed by atoms with van der Waals surface area (Å²) in [6.07, 6.45) is -0.922. The Labute approximate surface area is 107 Å². The molecule has 1 aromatic carbocycles. The van der Waals surface area contributed by atoms with E-state index in [-0.39, 0.29) is 30.2 Å². The summed E-state index contributed by atoms with van der Waals surface area (Å²) in [6, 6.07) is 4.40.